The van der Waals surface area contributed by atoms with Crippen LogP contribution in [-0.4, -0.2) is 32.6 Å². The van der Waals surface area contributed by atoms with E-state index < -0.39 is 0 Å². The zero-order chi connectivity index (χ0) is 20.6. The molecule has 3 aromatic rings. The Kier molecular flexibility index (Phi) is 6.85. The maximum absolute atomic E-state index is 12.2. The number of aryl methyl sites for hydroxylation is 1. The van der Waals surface area contributed by atoms with Gasteiger partial charge in [0.25, 0.3) is 0 Å². The fraction of sp³-hybridized carbons (Fsp3) is 0.417. The van der Waals surface area contributed by atoms with E-state index in [1.807, 2.05) is 48.9 Å². The van der Waals surface area contributed by atoms with Gasteiger partial charge in [0, 0.05) is 54.4 Å². The van der Waals surface area contributed by atoms with Crippen LogP contribution in [0, 0.1) is 5.92 Å². The molecule has 1 aliphatic rings. The van der Waals surface area contributed by atoms with Crippen molar-refractivity contribution in [3.05, 3.63) is 66.5 Å². The molecule has 0 bridgehead atoms. The van der Waals surface area contributed by atoms with Gasteiger partial charge in [-0.15, -0.1) is 0 Å². The Bertz CT molecular complexity index is 917. The fourth-order valence-electron chi connectivity index (χ4n) is 4.35. The van der Waals surface area contributed by atoms with Crippen LogP contribution in [0.3, 0.4) is 0 Å². The number of nitrogens with one attached hydrogen (secondary N) is 2. The zero-order valence-corrected chi connectivity index (χ0v) is 17.3. The molecule has 30 heavy (non-hydrogen) atoms. The average Bonchev–Trinajstić information content (AvgIpc) is 3.29. The first kappa shape index (κ1) is 20.3. The van der Waals surface area contributed by atoms with Crippen molar-refractivity contribution in [2.45, 2.75) is 50.9 Å². The Morgan fingerprint density at radius 2 is 1.90 bits per heavy atom. The highest BCUT2D eigenvalue weighted by molar-refractivity contribution is 5.75. The number of aromatic nitrogens is 4. The van der Waals surface area contributed by atoms with Crippen LogP contribution < -0.4 is 5.32 Å². The van der Waals surface area contributed by atoms with Gasteiger partial charge in [-0.05, 0) is 74.3 Å². The number of aromatic amines is 1. The smallest absolute Gasteiger partial charge is 0.220 e. The van der Waals surface area contributed by atoms with Crippen LogP contribution in [0.25, 0.3) is 11.1 Å². The van der Waals surface area contributed by atoms with Crippen LogP contribution in [-0.2, 0) is 11.2 Å². The van der Waals surface area contributed by atoms with Gasteiger partial charge in [-0.2, -0.15) is 5.10 Å². The Balaban J connectivity index is 1.19. The largest absolute Gasteiger partial charge is 0.356 e. The fourth-order valence-corrected chi connectivity index (χ4v) is 4.35. The van der Waals surface area contributed by atoms with Gasteiger partial charge in [0.15, 0.2) is 0 Å². The lowest BCUT2D eigenvalue weighted by molar-refractivity contribution is -0.121. The van der Waals surface area contributed by atoms with E-state index in [1.165, 1.54) is 11.3 Å². The monoisotopic (exact) mass is 403 g/mol. The predicted octanol–water partition coefficient (Wildman–Crippen LogP) is 4.28. The molecule has 1 fully saturated rings. The predicted molar refractivity (Wildman–Crippen MR) is 117 cm³/mol. The van der Waals surface area contributed by atoms with Crippen LogP contribution >= 0.6 is 0 Å². The molecule has 0 spiro atoms. The average molecular weight is 404 g/mol. The van der Waals surface area contributed by atoms with Gasteiger partial charge in [0.1, 0.15) is 0 Å². The van der Waals surface area contributed by atoms with Crippen LogP contribution in [0.4, 0.5) is 0 Å². The lowest BCUT2D eigenvalue weighted by Gasteiger charge is -2.28. The van der Waals surface area contributed by atoms with Gasteiger partial charge in [-0.25, -0.2) is 0 Å². The summed E-state index contributed by atoms with van der Waals surface area (Å²) in [4.78, 5) is 20.6. The van der Waals surface area contributed by atoms with Gasteiger partial charge in [0.05, 0.1) is 6.20 Å². The lowest BCUT2D eigenvalue weighted by Crippen LogP contribution is -2.31. The highest BCUT2D eigenvalue weighted by atomic mass is 16.1. The molecule has 3 heterocycles. The Morgan fingerprint density at radius 1 is 1.07 bits per heavy atom. The van der Waals surface area contributed by atoms with Gasteiger partial charge >= 0.3 is 0 Å². The topological polar surface area (TPSA) is 83.6 Å². The van der Waals surface area contributed by atoms with Crippen molar-refractivity contribution in [1.29, 1.82) is 0 Å². The van der Waals surface area contributed by atoms with Gasteiger partial charge in [-0.1, -0.05) is 6.07 Å². The Morgan fingerprint density at radius 3 is 2.67 bits per heavy atom. The molecule has 2 N–H and O–H groups in total. The first-order valence-corrected chi connectivity index (χ1v) is 10.9. The molecule has 1 saturated carbocycles. The third-order valence-electron chi connectivity index (χ3n) is 6.07. The molecule has 6 nitrogen and oxygen atoms in total. The van der Waals surface area contributed by atoms with E-state index in [0.29, 0.717) is 18.3 Å². The van der Waals surface area contributed by atoms with Crippen molar-refractivity contribution in [3.8, 4) is 11.1 Å². The number of H-pyrrole nitrogens is 1. The highest BCUT2D eigenvalue weighted by Gasteiger charge is 2.25. The molecule has 0 radical (unpaired) electrons. The van der Waals surface area contributed by atoms with E-state index in [-0.39, 0.29) is 5.91 Å². The highest BCUT2D eigenvalue weighted by Crippen LogP contribution is 2.38. The van der Waals surface area contributed by atoms with E-state index in [4.69, 9.17) is 0 Å². The molecular weight excluding hydrogens is 374 g/mol. The van der Waals surface area contributed by atoms with Crippen molar-refractivity contribution in [2.24, 2.45) is 5.92 Å². The molecule has 0 atom stereocenters. The summed E-state index contributed by atoms with van der Waals surface area (Å²) in [7, 11) is 0. The van der Waals surface area contributed by atoms with Crippen molar-refractivity contribution in [3.63, 3.8) is 0 Å². The molecule has 0 aromatic carbocycles. The van der Waals surface area contributed by atoms with Gasteiger partial charge < -0.3 is 5.32 Å². The summed E-state index contributed by atoms with van der Waals surface area (Å²) in [6.45, 7) is 0.787. The number of nitrogens with zero attached hydrogens (tertiary/aromatic N) is 3. The van der Waals surface area contributed by atoms with Crippen molar-refractivity contribution < 1.29 is 4.79 Å². The van der Waals surface area contributed by atoms with Crippen molar-refractivity contribution in [2.75, 3.05) is 6.54 Å². The molecular formula is C24H29N5O. The molecule has 1 aliphatic carbocycles. The standard InChI is InChI=1S/C24H29N5O/c30-23(6-3-5-21-4-1-2-13-26-21)27-16-18-7-9-20(10-8-18)24-22(17-28-29-24)19-11-14-25-15-12-19/h1-2,4,11-15,17-18,20H,3,5-10,16H2,(H,27,30)(H,28,29). The molecule has 3 aromatic heterocycles. The van der Waals surface area contributed by atoms with Gasteiger partial charge in [-0.3, -0.25) is 19.9 Å². The number of pyridine rings is 2. The number of hydrogen-bond donors (Lipinski definition) is 2. The molecule has 156 valence electrons. The second-order valence-electron chi connectivity index (χ2n) is 8.13. The quantitative estimate of drug-likeness (QED) is 0.588. The second-order valence-corrected chi connectivity index (χ2v) is 8.13. The molecule has 6 heteroatoms. The summed E-state index contributed by atoms with van der Waals surface area (Å²) in [5, 5.41) is 10.7. The lowest BCUT2D eigenvalue weighted by atomic mass is 9.79. The normalized spacial score (nSPS) is 18.8. The maximum atomic E-state index is 12.2. The minimum atomic E-state index is 0.154. The van der Waals surface area contributed by atoms with Crippen LogP contribution in [0.5, 0.6) is 0 Å². The number of amides is 1. The Hall–Kier alpha value is -3.02. The number of carbonyl (C=O) groups is 1. The van der Waals surface area contributed by atoms with Crippen molar-refractivity contribution >= 4 is 5.91 Å². The molecule has 1 amide bonds. The van der Waals surface area contributed by atoms with E-state index in [9.17, 15) is 4.79 Å². The second kappa shape index (κ2) is 10.1. The minimum Gasteiger partial charge on any atom is -0.356 e. The summed E-state index contributed by atoms with van der Waals surface area (Å²) in [5.74, 6) is 1.22. The summed E-state index contributed by atoms with van der Waals surface area (Å²) in [5.41, 5.74) is 4.63. The van der Waals surface area contributed by atoms with Crippen LogP contribution in [0.2, 0.25) is 0 Å². The van der Waals surface area contributed by atoms with Crippen LogP contribution in [0.1, 0.15) is 55.8 Å². The first-order valence-electron chi connectivity index (χ1n) is 10.9. The van der Waals surface area contributed by atoms with E-state index in [0.717, 1.165) is 56.3 Å². The van der Waals surface area contributed by atoms with E-state index in [1.54, 1.807) is 6.20 Å². The summed E-state index contributed by atoms with van der Waals surface area (Å²) < 4.78 is 0. The summed E-state index contributed by atoms with van der Waals surface area (Å²) in [6.07, 6.45) is 14.1. The van der Waals surface area contributed by atoms with Crippen LogP contribution in [0.15, 0.2) is 55.1 Å². The minimum absolute atomic E-state index is 0.154. The third-order valence-corrected chi connectivity index (χ3v) is 6.07. The molecule has 4 rings (SSSR count). The number of rotatable bonds is 8. The number of hydrogen-bond acceptors (Lipinski definition) is 4. The molecule has 0 saturated heterocycles. The zero-order valence-electron chi connectivity index (χ0n) is 17.3. The van der Waals surface area contributed by atoms with E-state index in [2.05, 4.69) is 25.5 Å². The summed E-state index contributed by atoms with van der Waals surface area (Å²) in [6, 6.07) is 9.97. The third kappa shape index (κ3) is 5.32. The van der Waals surface area contributed by atoms with Crippen molar-refractivity contribution in [1.82, 2.24) is 25.5 Å². The summed E-state index contributed by atoms with van der Waals surface area (Å²) >= 11 is 0. The van der Waals surface area contributed by atoms with E-state index >= 15 is 0 Å². The van der Waals surface area contributed by atoms with Gasteiger partial charge in [0.2, 0.25) is 5.91 Å². The maximum Gasteiger partial charge on any atom is 0.220 e. The molecule has 0 unspecified atom stereocenters. The molecule has 0 aliphatic heterocycles. The Labute approximate surface area is 177 Å². The SMILES string of the molecule is O=C(CCCc1ccccn1)NCC1CCC(c2[nH]ncc2-c2ccncc2)CC1. The first-order chi connectivity index (χ1) is 14.8. The number of carbonyl (C=O) groups excluding carboxylic acids is 1.